The first-order chi connectivity index (χ1) is 16.4. The van der Waals surface area contributed by atoms with Crippen LogP contribution in [-0.2, 0) is 4.74 Å². The zero-order chi connectivity index (χ0) is 24.0. The average Bonchev–Trinajstić information content (AvgIpc) is 3.26. The summed E-state index contributed by atoms with van der Waals surface area (Å²) in [5.41, 5.74) is 4.57. The molecule has 2 aromatic carbocycles. The Balaban J connectivity index is 1.55. The van der Waals surface area contributed by atoms with Crippen LogP contribution >= 0.6 is 0 Å². The van der Waals surface area contributed by atoms with Crippen molar-refractivity contribution < 1.29 is 19.2 Å². The van der Waals surface area contributed by atoms with E-state index < -0.39 is 0 Å². The third-order valence-corrected chi connectivity index (χ3v) is 6.44. The minimum Gasteiger partial charge on any atom is -0.378 e. The van der Waals surface area contributed by atoms with Gasteiger partial charge in [0.15, 0.2) is 11.6 Å². The highest BCUT2D eigenvalue weighted by Gasteiger charge is 2.33. The van der Waals surface area contributed by atoms with Crippen LogP contribution in [0.5, 0.6) is 0 Å². The Labute approximate surface area is 196 Å². The summed E-state index contributed by atoms with van der Waals surface area (Å²) < 4.78 is 7.27. The molecule has 2 aliphatic rings. The Morgan fingerprint density at radius 3 is 2.24 bits per heavy atom. The molecule has 0 N–H and O–H groups in total. The summed E-state index contributed by atoms with van der Waals surface area (Å²) in [6.07, 6.45) is 1.63. The number of carbonyl (C=O) groups is 2. The van der Waals surface area contributed by atoms with E-state index in [4.69, 9.17) is 4.74 Å². The molecule has 8 nitrogen and oxygen atoms in total. The molecule has 0 saturated carbocycles. The lowest BCUT2D eigenvalue weighted by atomic mass is 10.1. The minimum atomic E-state index is -0.363. The van der Waals surface area contributed by atoms with Crippen molar-refractivity contribution in [1.82, 2.24) is 4.57 Å². The van der Waals surface area contributed by atoms with E-state index in [2.05, 4.69) is 0 Å². The summed E-state index contributed by atoms with van der Waals surface area (Å²) in [6, 6.07) is 13.9. The number of nitrogens with zero attached hydrogens (tertiary/aromatic N) is 3. The number of benzene rings is 2. The van der Waals surface area contributed by atoms with Crippen LogP contribution in [0.4, 0.5) is 11.4 Å². The van der Waals surface area contributed by atoms with Crippen molar-refractivity contribution >= 4 is 29.0 Å². The Morgan fingerprint density at radius 1 is 0.971 bits per heavy atom. The third-order valence-electron chi connectivity index (χ3n) is 6.44. The molecule has 34 heavy (non-hydrogen) atoms. The van der Waals surface area contributed by atoms with Gasteiger partial charge in [-0.2, -0.15) is 0 Å². The van der Waals surface area contributed by atoms with E-state index >= 15 is 0 Å². The molecular weight excluding hydrogens is 434 g/mol. The Kier molecular flexibility index (Phi) is 5.37. The lowest BCUT2D eigenvalue weighted by Crippen LogP contribution is -2.36. The van der Waals surface area contributed by atoms with E-state index in [0.717, 1.165) is 17.0 Å². The number of hydrogen-bond donors (Lipinski definition) is 0. The predicted octanol–water partition coefficient (Wildman–Crippen LogP) is 4.30. The van der Waals surface area contributed by atoms with Gasteiger partial charge in [-0.25, -0.2) is 0 Å². The molecule has 0 amide bonds. The van der Waals surface area contributed by atoms with Gasteiger partial charge in [-0.15, -0.1) is 0 Å². The monoisotopic (exact) mass is 457 g/mol. The van der Waals surface area contributed by atoms with E-state index in [9.17, 15) is 19.7 Å². The number of Topliss-reactive ketones (excluding diaryl/α,β-unsaturated/α-hetero) is 2. The molecule has 1 fully saturated rings. The lowest BCUT2D eigenvalue weighted by molar-refractivity contribution is -0.384. The van der Waals surface area contributed by atoms with Crippen LogP contribution < -0.4 is 4.90 Å². The predicted molar refractivity (Wildman–Crippen MR) is 128 cm³/mol. The highest BCUT2D eigenvalue weighted by atomic mass is 16.6. The van der Waals surface area contributed by atoms with Crippen molar-refractivity contribution in [2.75, 3.05) is 31.2 Å². The summed E-state index contributed by atoms with van der Waals surface area (Å²) in [7, 11) is 0. The number of allylic oxidation sites excluding steroid dienone is 1. The summed E-state index contributed by atoms with van der Waals surface area (Å²) >= 11 is 0. The average molecular weight is 457 g/mol. The van der Waals surface area contributed by atoms with Gasteiger partial charge in [-0.05, 0) is 43.7 Å². The van der Waals surface area contributed by atoms with E-state index in [0.29, 0.717) is 48.8 Å². The standard InChI is InChI=1S/C26H23N3O5/c1-16-13-18(14-22-25(30)20-5-3-4-6-21(20)26(22)31)17(2)28(16)19-7-8-23(24(15-19)29(32)33)27-9-11-34-12-10-27/h3-8,13-15H,9-12H2,1-2H3. The maximum atomic E-state index is 12.8. The number of aryl methyl sites for hydroxylation is 1. The number of fused-ring (bicyclic) bond motifs is 1. The van der Waals surface area contributed by atoms with Crippen molar-refractivity contribution in [3.8, 4) is 5.69 Å². The van der Waals surface area contributed by atoms with Gasteiger partial charge < -0.3 is 14.2 Å². The fourth-order valence-corrected chi connectivity index (χ4v) is 4.76. The molecule has 1 aliphatic heterocycles. The second kappa shape index (κ2) is 8.39. The summed E-state index contributed by atoms with van der Waals surface area (Å²) in [6.45, 7) is 6.04. The second-order valence-electron chi connectivity index (χ2n) is 8.45. The number of anilines is 1. The Morgan fingerprint density at radius 2 is 1.62 bits per heavy atom. The SMILES string of the molecule is Cc1cc(C=C2C(=O)c3ccccc3C2=O)c(C)n1-c1ccc(N2CCOCC2)c([N+](=O)[O-])c1. The number of nitro benzene ring substituents is 1. The van der Waals surface area contributed by atoms with Gasteiger partial charge in [-0.1, -0.05) is 24.3 Å². The highest BCUT2D eigenvalue weighted by Crippen LogP contribution is 2.34. The van der Waals surface area contributed by atoms with Gasteiger partial charge in [0.1, 0.15) is 5.69 Å². The second-order valence-corrected chi connectivity index (χ2v) is 8.45. The van der Waals surface area contributed by atoms with Crippen LogP contribution in [-0.4, -0.2) is 47.4 Å². The number of rotatable bonds is 4. The summed E-state index contributed by atoms with van der Waals surface area (Å²) in [4.78, 5) is 39.1. The molecule has 3 aromatic rings. The first-order valence-corrected chi connectivity index (χ1v) is 11.1. The first-order valence-electron chi connectivity index (χ1n) is 11.1. The topological polar surface area (TPSA) is 94.7 Å². The first kappa shape index (κ1) is 21.8. The number of ether oxygens (including phenoxy) is 1. The van der Waals surface area contributed by atoms with E-state index in [1.807, 2.05) is 35.4 Å². The third kappa shape index (κ3) is 3.52. The number of carbonyl (C=O) groups excluding carboxylic acids is 2. The summed E-state index contributed by atoms with van der Waals surface area (Å²) in [5.74, 6) is -0.563. The maximum absolute atomic E-state index is 12.8. The molecule has 0 radical (unpaired) electrons. The molecule has 1 aliphatic carbocycles. The largest absolute Gasteiger partial charge is 0.378 e. The van der Waals surface area contributed by atoms with Crippen LogP contribution in [0.3, 0.4) is 0 Å². The minimum absolute atomic E-state index is 0.0309. The smallest absolute Gasteiger partial charge is 0.294 e. The van der Waals surface area contributed by atoms with Crippen LogP contribution in [0.15, 0.2) is 54.1 Å². The molecule has 172 valence electrons. The normalized spacial score (nSPS) is 15.6. The van der Waals surface area contributed by atoms with Crippen molar-refractivity contribution in [2.24, 2.45) is 0 Å². The van der Waals surface area contributed by atoms with Gasteiger partial charge in [-0.3, -0.25) is 19.7 Å². The Bertz CT molecular complexity index is 1340. The van der Waals surface area contributed by atoms with Crippen molar-refractivity contribution in [2.45, 2.75) is 13.8 Å². The number of ketones is 2. The molecule has 0 unspecified atom stereocenters. The van der Waals surface area contributed by atoms with Crippen LogP contribution in [0, 0.1) is 24.0 Å². The number of hydrogen-bond acceptors (Lipinski definition) is 6. The number of morpholine rings is 1. The number of aromatic nitrogens is 1. The molecule has 2 heterocycles. The molecular formula is C26H23N3O5. The molecule has 0 spiro atoms. The lowest BCUT2D eigenvalue weighted by Gasteiger charge is -2.28. The van der Waals surface area contributed by atoms with E-state index in [1.54, 1.807) is 42.5 Å². The maximum Gasteiger partial charge on any atom is 0.294 e. The fraction of sp³-hybridized carbons (Fsp3) is 0.231. The molecule has 8 heteroatoms. The van der Waals surface area contributed by atoms with E-state index in [-0.39, 0.29) is 27.8 Å². The van der Waals surface area contributed by atoms with Gasteiger partial charge in [0.25, 0.3) is 5.69 Å². The van der Waals surface area contributed by atoms with Gasteiger partial charge in [0.05, 0.1) is 29.4 Å². The summed E-state index contributed by atoms with van der Waals surface area (Å²) in [5, 5.41) is 11.9. The molecule has 1 aromatic heterocycles. The molecule has 0 atom stereocenters. The van der Waals surface area contributed by atoms with Crippen LogP contribution in [0.2, 0.25) is 0 Å². The number of nitro groups is 1. The van der Waals surface area contributed by atoms with Gasteiger partial charge >= 0.3 is 0 Å². The van der Waals surface area contributed by atoms with Crippen molar-refractivity contribution in [3.63, 3.8) is 0 Å². The quantitative estimate of drug-likeness (QED) is 0.251. The zero-order valence-electron chi connectivity index (χ0n) is 18.9. The van der Waals surface area contributed by atoms with Gasteiger partial charge in [0.2, 0.25) is 0 Å². The highest BCUT2D eigenvalue weighted by molar-refractivity contribution is 6.41. The zero-order valence-corrected chi connectivity index (χ0v) is 18.9. The fourth-order valence-electron chi connectivity index (χ4n) is 4.76. The molecule has 1 saturated heterocycles. The molecule has 0 bridgehead atoms. The van der Waals surface area contributed by atoms with E-state index in [1.165, 1.54) is 0 Å². The van der Waals surface area contributed by atoms with Crippen molar-refractivity contribution in [3.05, 3.63) is 92.3 Å². The van der Waals surface area contributed by atoms with Crippen molar-refractivity contribution in [1.29, 1.82) is 0 Å². The molecule has 5 rings (SSSR count). The van der Waals surface area contributed by atoms with Crippen LogP contribution in [0.1, 0.15) is 37.7 Å². The van der Waals surface area contributed by atoms with Gasteiger partial charge in [0, 0.05) is 41.7 Å². The Hall–Kier alpha value is -4.04. The van der Waals surface area contributed by atoms with Crippen LogP contribution in [0.25, 0.3) is 11.8 Å².